The van der Waals surface area contributed by atoms with E-state index in [1.54, 1.807) is 0 Å². The molecule has 18 heavy (non-hydrogen) atoms. The monoisotopic (exact) mass is 247 g/mol. The number of amides is 1. The molecular weight excluding hydrogens is 230 g/mol. The lowest BCUT2D eigenvalue weighted by molar-refractivity contribution is 0.0704. The molecule has 2 fully saturated rings. The number of hydrogen-bond donors (Lipinski definition) is 1. The summed E-state index contributed by atoms with van der Waals surface area (Å²) in [5.41, 5.74) is 1.65. The van der Waals surface area contributed by atoms with E-state index in [1.807, 2.05) is 4.90 Å². The molecule has 1 aromatic heterocycles. The van der Waals surface area contributed by atoms with Crippen molar-refractivity contribution in [3.63, 3.8) is 0 Å². The maximum Gasteiger partial charge on any atom is 0.276 e. The summed E-state index contributed by atoms with van der Waals surface area (Å²) in [5.74, 6) is 1.02. The lowest BCUT2D eigenvalue weighted by Crippen LogP contribution is -2.46. The summed E-state index contributed by atoms with van der Waals surface area (Å²) in [4.78, 5) is 14.5. The molecule has 0 unspecified atom stereocenters. The van der Waals surface area contributed by atoms with Crippen LogP contribution in [0.5, 0.6) is 0 Å². The molecule has 4 rings (SSSR count). The van der Waals surface area contributed by atoms with Crippen LogP contribution in [-0.2, 0) is 12.8 Å². The number of rotatable bonds is 1. The highest BCUT2D eigenvalue weighted by atomic mass is 16.5. The van der Waals surface area contributed by atoms with E-state index in [2.05, 4.69) is 10.5 Å². The summed E-state index contributed by atoms with van der Waals surface area (Å²) in [6.07, 6.45) is 5.26. The number of aromatic nitrogens is 1. The highest BCUT2D eigenvalue weighted by molar-refractivity contribution is 5.94. The zero-order chi connectivity index (χ0) is 12.1. The van der Waals surface area contributed by atoms with E-state index in [0.29, 0.717) is 17.8 Å². The fourth-order valence-corrected chi connectivity index (χ4v) is 3.50. The summed E-state index contributed by atoms with van der Waals surface area (Å²) in [6, 6.07) is 0.847. The summed E-state index contributed by atoms with van der Waals surface area (Å²) in [7, 11) is 0. The van der Waals surface area contributed by atoms with Gasteiger partial charge in [0.25, 0.3) is 5.91 Å². The standard InChI is InChI=1S/C13H17N3O2/c17-13(16-7-8-5-9(16)6-14-8)12-10-3-1-2-4-11(10)18-15-12/h8-9,14H,1-7H2/t8-,9-/m0/s1. The molecular formula is C13H17N3O2. The molecule has 1 amide bonds. The first-order chi connectivity index (χ1) is 8.83. The summed E-state index contributed by atoms with van der Waals surface area (Å²) in [5, 5.41) is 7.45. The van der Waals surface area contributed by atoms with E-state index in [4.69, 9.17) is 4.52 Å². The van der Waals surface area contributed by atoms with Crippen molar-refractivity contribution >= 4 is 5.91 Å². The smallest absolute Gasteiger partial charge is 0.276 e. The number of hydrogen-bond acceptors (Lipinski definition) is 4. The maximum absolute atomic E-state index is 12.5. The third kappa shape index (κ3) is 1.43. The van der Waals surface area contributed by atoms with Gasteiger partial charge in [0.2, 0.25) is 0 Å². The normalized spacial score (nSPS) is 29.7. The third-order valence-electron chi connectivity index (χ3n) is 4.47. The van der Waals surface area contributed by atoms with Crippen LogP contribution in [0.2, 0.25) is 0 Å². The lowest BCUT2D eigenvalue weighted by Gasteiger charge is -2.27. The number of carbonyl (C=O) groups is 1. The van der Waals surface area contributed by atoms with Crippen LogP contribution in [0.15, 0.2) is 4.52 Å². The molecule has 5 heteroatoms. The molecule has 2 saturated heterocycles. The van der Waals surface area contributed by atoms with Crippen molar-refractivity contribution in [2.24, 2.45) is 0 Å². The Balaban J connectivity index is 1.63. The minimum Gasteiger partial charge on any atom is -0.360 e. The van der Waals surface area contributed by atoms with Gasteiger partial charge in [0.1, 0.15) is 5.76 Å². The summed E-state index contributed by atoms with van der Waals surface area (Å²) < 4.78 is 5.33. The Labute approximate surface area is 105 Å². The first-order valence-corrected chi connectivity index (χ1v) is 6.84. The van der Waals surface area contributed by atoms with Crippen molar-refractivity contribution in [3.8, 4) is 0 Å². The van der Waals surface area contributed by atoms with Gasteiger partial charge in [-0.25, -0.2) is 0 Å². The number of piperazine rings is 1. The molecule has 5 nitrogen and oxygen atoms in total. The van der Waals surface area contributed by atoms with Crippen molar-refractivity contribution in [2.45, 2.75) is 44.2 Å². The second-order valence-corrected chi connectivity index (χ2v) is 5.59. The average Bonchev–Trinajstić information content (AvgIpc) is 3.12. The van der Waals surface area contributed by atoms with Crippen molar-refractivity contribution in [3.05, 3.63) is 17.0 Å². The molecule has 0 radical (unpaired) electrons. The van der Waals surface area contributed by atoms with Crippen molar-refractivity contribution in [2.75, 3.05) is 13.1 Å². The highest BCUT2D eigenvalue weighted by Gasteiger charge is 2.42. The number of carbonyl (C=O) groups excluding carboxylic acids is 1. The van der Waals surface area contributed by atoms with Crippen LogP contribution < -0.4 is 5.32 Å². The van der Waals surface area contributed by atoms with Crippen LogP contribution in [0.1, 0.15) is 41.1 Å². The van der Waals surface area contributed by atoms with Crippen molar-refractivity contribution in [1.29, 1.82) is 0 Å². The Hall–Kier alpha value is -1.36. The van der Waals surface area contributed by atoms with E-state index >= 15 is 0 Å². The minimum atomic E-state index is 0.0795. The van der Waals surface area contributed by atoms with Crippen LogP contribution in [0.4, 0.5) is 0 Å². The van der Waals surface area contributed by atoms with E-state index < -0.39 is 0 Å². The molecule has 1 N–H and O–H groups in total. The van der Waals surface area contributed by atoms with Gasteiger partial charge in [0.15, 0.2) is 5.69 Å². The average molecular weight is 247 g/mol. The van der Waals surface area contributed by atoms with Crippen LogP contribution in [-0.4, -0.2) is 41.1 Å². The number of nitrogens with one attached hydrogen (secondary N) is 1. The first kappa shape index (κ1) is 10.6. The molecule has 0 spiro atoms. The first-order valence-electron chi connectivity index (χ1n) is 6.84. The van der Waals surface area contributed by atoms with Crippen LogP contribution in [0.3, 0.4) is 0 Å². The molecule has 96 valence electrons. The van der Waals surface area contributed by atoms with E-state index in [-0.39, 0.29) is 5.91 Å². The van der Waals surface area contributed by atoms with Crippen molar-refractivity contribution < 1.29 is 9.32 Å². The maximum atomic E-state index is 12.5. The highest BCUT2D eigenvalue weighted by Crippen LogP contribution is 2.29. The van der Waals surface area contributed by atoms with Gasteiger partial charge in [0.05, 0.1) is 0 Å². The Morgan fingerprint density at radius 1 is 1.39 bits per heavy atom. The topological polar surface area (TPSA) is 58.4 Å². The van der Waals surface area contributed by atoms with E-state index in [9.17, 15) is 4.79 Å². The van der Waals surface area contributed by atoms with E-state index in [1.165, 1.54) is 0 Å². The number of likely N-dealkylation sites (tertiary alicyclic amines) is 1. The minimum absolute atomic E-state index is 0.0795. The number of nitrogens with zero attached hydrogens (tertiary/aromatic N) is 2. The molecule has 3 aliphatic rings. The number of aryl methyl sites for hydroxylation is 1. The molecule has 2 bridgehead atoms. The Morgan fingerprint density at radius 2 is 2.28 bits per heavy atom. The van der Waals surface area contributed by atoms with Gasteiger partial charge in [-0.1, -0.05) is 5.16 Å². The second-order valence-electron chi connectivity index (χ2n) is 5.59. The lowest BCUT2D eigenvalue weighted by atomic mass is 9.96. The number of fused-ring (bicyclic) bond motifs is 3. The van der Waals surface area contributed by atoms with Crippen molar-refractivity contribution in [1.82, 2.24) is 15.4 Å². The molecule has 2 atom stereocenters. The van der Waals surface area contributed by atoms with Gasteiger partial charge in [-0.3, -0.25) is 4.79 Å². The van der Waals surface area contributed by atoms with Crippen LogP contribution in [0, 0.1) is 0 Å². The molecule has 3 heterocycles. The predicted molar refractivity (Wildman–Crippen MR) is 64.4 cm³/mol. The third-order valence-corrected chi connectivity index (χ3v) is 4.47. The van der Waals surface area contributed by atoms with Gasteiger partial charge in [-0.15, -0.1) is 0 Å². The Kier molecular flexibility index (Phi) is 2.24. The largest absolute Gasteiger partial charge is 0.360 e. The SMILES string of the molecule is O=C(c1noc2c1CCCC2)N1C[C@@H]2C[C@H]1CN2. The Bertz CT molecular complexity index is 496. The summed E-state index contributed by atoms with van der Waals surface area (Å²) >= 11 is 0. The van der Waals surface area contributed by atoms with Gasteiger partial charge in [-0.2, -0.15) is 0 Å². The molecule has 2 aliphatic heterocycles. The zero-order valence-electron chi connectivity index (χ0n) is 10.3. The van der Waals surface area contributed by atoms with E-state index in [0.717, 1.165) is 56.5 Å². The van der Waals surface area contributed by atoms with Gasteiger partial charge in [0, 0.05) is 37.2 Å². The predicted octanol–water partition coefficient (Wildman–Crippen LogP) is 0.740. The molecule has 0 saturated carbocycles. The van der Waals surface area contributed by atoms with Gasteiger partial charge in [-0.05, 0) is 25.7 Å². The van der Waals surface area contributed by atoms with Gasteiger partial charge < -0.3 is 14.7 Å². The quantitative estimate of drug-likeness (QED) is 0.795. The molecule has 1 aromatic rings. The second kappa shape index (κ2) is 3.82. The zero-order valence-corrected chi connectivity index (χ0v) is 10.3. The fraction of sp³-hybridized carbons (Fsp3) is 0.692. The molecule has 1 aliphatic carbocycles. The fourth-order valence-electron chi connectivity index (χ4n) is 3.50. The summed E-state index contributed by atoms with van der Waals surface area (Å²) in [6.45, 7) is 1.75. The van der Waals surface area contributed by atoms with Crippen LogP contribution >= 0.6 is 0 Å². The molecule has 0 aromatic carbocycles. The van der Waals surface area contributed by atoms with Gasteiger partial charge >= 0.3 is 0 Å². The van der Waals surface area contributed by atoms with Crippen LogP contribution in [0.25, 0.3) is 0 Å². The Morgan fingerprint density at radius 3 is 3.06 bits per heavy atom.